The van der Waals surface area contributed by atoms with Crippen LogP contribution in [-0.2, 0) is 16.8 Å². The summed E-state index contributed by atoms with van der Waals surface area (Å²) in [5, 5.41) is 13.4. The predicted molar refractivity (Wildman–Crippen MR) is 83.7 cm³/mol. The van der Waals surface area contributed by atoms with E-state index in [0.29, 0.717) is 11.3 Å². The second-order valence-corrected chi connectivity index (χ2v) is 5.65. The van der Waals surface area contributed by atoms with Crippen molar-refractivity contribution in [3.8, 4) is 0 Å². The molecule has 1 aliphatic rings. The summed E-state index contributed by atoms with van der Waals surface area (Å²) in [5.41, 5.74) is 0.256. The van der Waals surface area contributed by atoms with Crippen molar-refractivity contribution in [2.24, 2.45) is 0 Å². The maximum Gasteiger partial charge on any atom is 0.261 e. The molecule has 4 nitrogen and oxygen atoms in total. The third kappa shape index (κ3) is 2.64. The van der Waals surface area contributed by atoms with Crippen LogP contribution in [0.4, 0.5) is 10.1 Å². The van der Waals surface area contributed by atoms with Gasteiger partial charge in [0, 0.05) is 16.8 Å². The van der Waals surface area contributed by atoms with Gasteiger partial charge >= 0.3 is 0 Å². The van der Waals surface area contributed by atoms with Gasteiger partial charge in [0.2, 0.25) is 0 Å². The molecule has 3 rings (SSSR count). The molecule has 2 aromatic rings. The summed E-state index contributed by atoms with van der Waals surface area (Å²) in [6, 6.07) is 10.4. The largest absolute Gasteiger partial charge is 0.375 e. The number of fused-ring (bicyclic) bond motifs is 1. The number of aryl methyl sites for hydroxylation is 1. The topological polar surface area (TPSA) is 66.4 Å². The van der Waals surface area contributed by atoms with Gasteiger partial charge in [0.05, 0.1) is 6.42 Å². The molecule has 0 bridgehead atoms. The summed E-state index contributed by atoms with van der Waals surface area (Å²) in [4.78, 5) is 24.6. The van der Waals surface area contributed by atoms with Crippen LogP contribution in [0.5, 0.6) is 0 Å². The summed E-state index contributed by atoms with van der Waals surface area (Å²) < 4.78 is 12.9. The van der Waals surface area contributed by atoms with Crippen molar-refractivity contribution in [1.82, 2.24) is 0 Å². The first-order valence-corrected chi connectivity index (χ1v) is 7.40. The number of hydrogen-bond donors (Lipinski definition) is 2. The highest BCUT2D eigenvalue weighted by Gasteiger charge is 2.46. The monoisotopic (exact) mass is 313 g/mol. The molecule has 0 aromatic heterocycles. The van der Waals surface area contributed by atoms with Gasteiger partial charge in [0.1, 0.15) is 5.82 Å². The molecule has 0 aliphatic carbocycles. The van der Waals surface area contributed by atoms with Gasteiger partial charge in [-0.05, 0) is 42.3 Å². The number of rotatable bonds is 4. The highest BCUT2D eigenvalue weighted by atomic mass is 19.1. The van der Waals surface area contributed by atoms with Gasteiger partial charge in [-0.2, -0.15) is 0 Å². The molecule has 2 aromatic carbocycles. The smallest absolute Gasteiger partial charge is 0.261 e. The van der Waals surface area contributed by atoms with E-state index in [9.17, 15) is 19.1 Å². The molecule has 118 valence electrons. The van der Waals surface area contributed by atoms with E-state index in [2.05, 4.69) is 5.32 Å². The van der Waals surface area contributed by atoms with E-state index < -0.39 is 23.1 Å². The number of hydrogen-bond acceptors (Lipinski definition) is 3. The zero-order chi connectivity index (χ0) is 16.6. The Balaban J connectivity index is 1.94. The third-order valence-electron chi connectivity index (χ3n) is 4.14. The zero-order valence-electron chi connectivity index (χ0n) is 12.6. The second-order valence-electron chi connectivity index (χ2n) is 5.65. The molecule has 0 spiro atoms. The average molecular weight is 313 g/mol. The number of anilines is 1. The number of Topliss-reactive ketones (excluding diaryl/α,β-unsaturated/α-hetero) is 1. The first-order chi connectivity index (χ1) is 10.9. The highest BCUT2D eigenvalue weighted by molar-refractivity contribution is 6.09. The molecular weight excluding hydrogens is 297 g/mol. The van der Waals surface area contributed by atoms with Crippen molar-refractivity contribution in [2.45, 2.75) is 25.4 Å². The third-order valence-corrected chi connectivity index (χ3v) is 4.14. The van der Waals surface area contributed by atoms with Crippen molar-refractivity contribution in [3.63, 3.8) is 0 Å². The molecule has 23 heavy (non-hydrogen) atoms. The minimum atomic E-state index is -1.90. The van der Waals surface area contributed by atoms with Gasteiger partial charge in [-0.25, -0.2) is 4.39 Å². The molecule has 0 radical (unpaired) electrons. The lowest BCUT2D eigenvalue weighted by atomic mass is 9.87. The first-order valence-electron chi connectivity index (χ1n) is 7.40. The zero-order valence-corrected chi connectivity index (χ0v) is 12.6. The van der Waals surface area contributed by atoms with Crippen LogP contribution in [0.1, 0.15) is 34.8 Å². The van der Waals surface area contributed by atoms with Crippen LogP contribution in [0, 0.1) is 5.82 Å². The fraction of sp³-hybridized carbons (Fsp3) is 0.222. The van der Waals surface area contributed by atoms with Gasteiger partial charge < -0.3 is 10.4 Å². The van der Waals surface area contributed by atoms with Crippen LogP contribution < -0.4 is 5.32 Å². The van der Waals surface area contributed by atoms with E-state index in [4.69, 9.17) is 0 Å². The minimum absolute atomic E-state index is 0.257. The highest BCUT2D eigenvalue weighted by Crippen LogP contribution is 2.39. The maximum absolute atomic E-state index is 12.9. The SMILES string of the molecule is CCc1ccc2c(c1)[C@](O)(CC(=O)c1ccc(F)cc1)C(=O)N2. The van der Waals surface area contributed by atoms with Gasteiger partial charge in [-0.1, -0.05) is 19.1 Å². The number of carbonyl (C=O) groups excluding carboxylic acids is 2. The minimum Gasteiger partial charge on any atom is -0.375 e. The molecular formula is C18H16FNO3. The summed E-state index contributed by atoms with van der Waals surface area (Å²) in [6.45, 7) is 1.97. The molecule has 1 heterocycles. The molecule has 5 heteroatoms. The average Bonchev–Trinajstić information content (AvgIpc) is 2.78. The van der Waals surface area contributed by atoms with Crippen molar-refractivity contribution in [3.05, 3.63) is 65.0 Å². The Morgan fingerprint density at radius 2 is 1.91 bits per heavy atom. The first kappa shape index (κ1) is 15.4. The van der Waals surface area contributed by atoms with Crippen LogP contribution in [-0.4, -0.2) is 16.8 Å². The van der Waals surface area contributed by atoms with E-state index in [1.807, 2.05) is 13.0 Å². The van der Waals surface area contributed by atoms with Crippen molar-refractivity contribution >= 4 is 17.4 Å². The lowest BCUT2D eigenvalue weighted by Gasteiger charge is -2.20. The standard InChI is InChI=1S/C18H16FNO3/c1-2-11-3-8-15-14(9-11)18(23,17(22)20-15)10-16(21)12-4-6-13(19)7-5-12/h3-9,23H,2,10H2,1H3,(H,20,22)/t18-/m1/s1. The number of halogens is 1. The molecule has 1 aliphatic heterocycles. The predicted octanol–water partition coefficient (Wildman–Crippen LogP) is 2.80. The quantitative estimate of drug-likeness (QED) is 0.853. The van der Waals surface area contributed by atoms with Crippen LogP contribution in [0.15, 0.2) is 42.5 Å². The molecule has 0 unspecified atom stereocenters. The fourth-order valence-corrected chi connectivity index (χ4v) is 2.76. The summed E-state index contributed by atoms with van der Waals surface area (Å²) in [7, 11) is 0. The molecule has 0 fully saturated rings. The fourth-order valence-electron chi connectivity index (χ4n) is 2.76. The van der Waals surface area contributed by atoms with E-state index >= 15 is 0 Å². The Hall–Kier alpha value is -2.53. The van der Waals surface area contributed by atoms with Gasteiger partial charge in [0.25, 0.3) is 5.91 Å². The number of benzene rings is 2. The van der Waals surface area contributed by atoms with Crippen molar-refractivity contribution < 1.29 is 19.1 Å². The van der Waals surface area contributed by atoms with E-state index in [-0.39, 0.29) is 12.0 Å². The Morgan fingerprint density at radius 3 is 2.57 bits per heavy atom. The van der Waals surface area contributed by atoms with E-state index in [0.717, 1.165) is 12.0 Å². The summed E-state index contributed by atoms with van der Waals surface area (Å²) in [6.07, 6.45) is 0.369. The van der Waals surface area contributed by atoms with Gasteiger partial charge in [-0.3, -0.25) is 9.59 Å². The molecule has 0 saturated heterocycles. The number of amides is 1. The van der Waals surface area contributed by atoms with Gasteiger partial charge in [-0.15, -0.1) is 0 Å². The van der Waals surface area contributed by atoms with Crippen molar-refractivity contribution in [1.29, 1.82) is 0 Å². The summed E-state index contributed by atoms with van der Waals surface area (Å²) >= 11 is 0. The van der Waals surface area contributed by atoms with Crippen LogP contribution in [0.2, 0.25) is 0 Å². The van der Waals surface area contributed by atoms with Crippen LogP contribution in [0.25, 0.3) is 0 Å². The Bertz CT molecular complexity index is 785. The molecule has 0 saturated carbocycles. The second kappa shape index (κ2) is 5.59. The van der Waals surface area contributed by atoms with E-state index in [1.165, 1.54) is 24.3 Å². The lowest BCUT2D eigenvalue weighted by Crippen LogP contribution is -2.36. The molecule has 2 N–H and O–H groups in total. The Labute approximate surface area is 133 Å². The number of ketones is 1. The van der Waals surface area contributed by atoms with E-state index in [1.54, 1.807) is 12.1 Å². The Kier molecular flexibility index (Phi) is 3.74. The normalized spacial score (nSPS) is 19.3. The maximum atomic E-state index is 12.9. The Morgan fingerprint density at radius 1 is 1.22 bits per heavy atom. The number of carbonyl (C=O) groups is 2. The number of nitrogens with one attached hydrogen (secondary N) is 1. The van der Waals surface area contributed by atoms with Crippen LogP contribution >= 0.6 is 0 Å². The van der Waals surface area contributed by atoms with Gasteiger partial charge in [0.15, 0.2) is 11.4 Å². The lowest BCUT2D eigenvalue weighted by molar-refractivity contribution is -0.133. The van der Waals surface area contributed by atoms with Crippen molar-refractivity contribution in [2.75, 3.05) is 5.32 Å². The van der Waals surface area contributed by atoms with Crippen LogP contribution in [0.3, 0.4) is 0 Å². The molecule has 1 amide bonds. The number of aliphatic hydroxyl groups is 1. The summed E-state index contributed by atoms with van der Waals surface area (Å²) in [5.74, 6) is -1.48. The molecule has 1 atom stereocenters.